The van der Waals surface area contributed by atoms with Crippen LogP contribution in [0.3, 0.4) is 0 Å². The largest absolute Gasteiger partial charge is 0.340 e. The molecule has 4 nitrogen and oxygen atoms in total. The number of benzene rings is 1. The topological polar surface area (TPSA) is 49.4 Å². The molecule has 1 unspecified atom stereocenters. The third kappa shape index (κ3) is 2.44. The highest BCUT2D eigenvalue weighted by molar-refractivity contribution is 9.10. The molecule has 1 atom stereocenters. The molecule has 1 saturated heterocycles. The fourth-order valence-electron chi connectivity index (χ4n) is 2.27. The Bertz CT molecular complexity index is 591. The molecule has 0 spiro atoms. The number of halogens is 2. The lowest BCUT2D eigenvalue weighted by molar-refractivity contribution is -0.135. The van der Waals surface area contributed by atoms with Crippen LogP contribution in [0.4, 0.5) is 10.1 Å². The van der Waals surface area contributed by atoms with Crippen molar-refractivity contribution in [3.8, 4) is 0 Å². The highest BCUT2D eigenvalue weighted by Gasteiger charge is 2.42. The smallest absolute Gasteiger partial charge is 0.252 e. The SMILES string of the molecule is CCC1(C)NC(=O)CN(c2cc(Br)c(F)cc2C)C1=O. The summed E-state index contributed by atoms with van der Waals surface area (Å²) in [6.07, 6.45) is 0.496. The maximum absolute atomic E-state index is 13.5. The average molecular weight is 343 g/mol. The van der Waals surface area contributed by atoms with Crippen LogP contribution in [-0.2, 0) is 9.59 Å². The molecule has 1 heterocycles. The van der Waals surface area contributed by atoms with Crippen molar-refractivity contribution in [1.82, 2.24) is 5.32 Å². The molecule has 0 aliphatic carbocycles. The van der Waals surface area contributed by atoms with Crippen molar-refractivity contribution in [2.75, 3.05) is 11.4 Å². The summed E-state index contributed by atoms with van der Waals surface area (Å²) < 4.78 is 13.8. The zero-order valence-corrected chi connectivity index (χ0v) is 13.2. The molecule has 0 radical (unpaired) electrons. The van der Waals surface area contributed by atoms with E-state index in [4.69, 9.17) is 0 Å². The molecule has 108 valence electrons. The number of hydrogen-bond acceptors (Lipinski definition) is 2. The van der Waals surface area contributed by atoms with Crippen molar-refractivity contribution >= 4 is 33.4 Å². The van der Waals surface area contributed by atoms with Crippen LogP contribution >= 0.6 is 15.9 Å². The van der Waals surface area contributed by atoms with Crippen molar-refractivity contribution in [2.45, 2.75) is 32.7 Å². The molecular formula is C14H16BrFN2O2. The number of carbonyl (C=O) groups excluding carboxylic acids is 2. The molecule has 2 amide bonds. The first-order valence-electron chi connectivity index (χ1n) is 6.37. The molecule has 0 saturated carbocycles. The van der Waals surface area contributed by atoms with Crippen LogP contribution in [0.1, 0.15) is 25.8 Å². The van der Waals surface area contributed by atoms with Crippen LogP contribution in [0.5, 0.6) is 0 Å². The highest BCUT2D eigenvalue weighted by Crippen LogP contribution is 2.30. The van der Waals surface area contributed by atoms with Gasteiger partial charge in [0.15, 0.2) is 0 Å². The Kier molecular flexibility index (Phi) is 3.86. The summed E-state index contributed by atoms with van der Waals surface area (Å²) in [5.74, 6) is -0.784. The quantitative estimate of drug-likeness (QED) is 0.897. The van der Waals surface area contributed by atoms with E-state index in [9.17, 15) is 14.0 Å². The first kappa shape index (κ1) is 15.0. The zero-order valence-electron chi connectivity index (χ0n) is 11.6. The third-order valence-electron chi connectivity index (χ3n) is 3.67. The maximum atomic E-state index is 13.5. The Balaban J connectivity index is 2.49. The minimum atomic E-state index is -0.914. The number of amides is 2. The van der Waals surface area contributed by atoms with Gasteiger partial charge in [-0.2, -0.15) is 0 Å². The standard InChI is InChI=1S/C14H16BrFN2O2/c1-4-14(3)13(20)18(7-12(19)17-14)11-6-9(15)10(16)5-8(11)2/h5-6H,4,7H2,1-3H3,(H,17,19). The lowest BCUT2D eigenvalue weighted by Gasteiger charge is -2.39. The molecule has 1 aliphatic heterocycles. The van der Waals surface area contributed by atoms with E-state index in [2.05, 4.69) is 21.2 Å². The first-order chi connectivity index (χ1) is 9.28. The fourth-order valence-corrected chi connectivity index (χ4v) is 2.61. The molecule has 6 heteroatoms. The van der Waals surface area contributed by atoms with Gasteiger partial charge in [0, 0.05) is 5.69 Å². The van der Waals surface area contributed by atoms with Gasteiger partial charge in [-0.25, -0.2) is 4.39 Å². The highest BCUT2D eigenvalue weighted by atomic mass is 79.9. The second-order valence-corrected chi connectivity index (χ2v) is 6.03. The first-order valence-corrected chi connectivity index (χ1v) is 7.16. The summed E-state index contributed by atoms with van der Waals surface area (Å²) in [5.41, 5.74) is 0.257. The molecular weight excluding hydrogens is 327 g/mol. The molecule has 1 aliphatic rings. The van der Waals surface area contributed by atoms with Crippen LogP contribution < -0.4 is 10.2 Å². The number of hydrogen-bond donors (Lipinski definition) is 1. The predicted octanol–water partition coefficient (Wildman–Crippen LogP) is 2.53. The van der Waals surface area contributed by atoms with Gasteiger partial charge < -0.3 is 10.2 Å². The molecule has 1 aromatic rings. The molecule has 2 rings (SSSR count). The van der Waals surface area contributed by atoms with Crippen molar-refractivity contribution < 1.29 is 14.0 Å². The van der Waals surface area contributed by atoms with Crippen molar-refractivity contribution in [1.29, 1.82) is 0 Å². The van der Waals surface area contributed by atoms with E-state index in [1.807, 2.05) is 6.92 Å². The van der Waals surface area contributed by atoms with Crippen LogP contribution in [-0.4, -0.2) is 23.9 Å². The Hall–Kier alpha value is -1.43. The third-order valence-corrected chi connectivity index (χ3v) is 4.28. The summed E-state index contributed by atoms with van der Waals surface area (Å²) >= 11 is 3.11. The maximum Gasteiger partial charge on any atom is 0.252 e. The van der Waals surface area contributed by atoms with Crippen molar-refractivity contribution in [2.24, 2.45) is 0 Å². The van der Waals surface area contributed by atoms with Gasteiger partial charge in [-0.15, -0.1) is 0 Å². The van der Waals surface area contributed by atoms with Gasteiger partial charge in [-0.1, -0.05) is 6.92 Å². The van der Waals surface area contributed by atoms with Gasteiger partial charge in [0.25, 0.3) is 5.91 Å². The Labute approximate surface area is 125 Å². The molecule has 0 bridgehead atoms. The van der Waals surface area contributed by atoms with Gasteiger partial charge in [-0.3, -0.25) is 9.59 Å². The minimum Gasteiger partial charge on any atom is -0.340 e. The summed E-state index contributed by atoms with van der Waals surface area (Å²) in [7, 11) is 0. The predicted molar refractivity (Wildman–Crippen MR) is 78.0 cm³/mol. The summed E-state index contributed by atoms with van der Waals surface area (Å²) in [4.78, 5) is 25.8. The van der Waals surface area contributed by atoms with Gasteiger partial charge in [0.05, 0.1) is 4.47 Å². The number of nitrogens with one attached hydrogen (secondary N) is 1. The van der Waals surface area contributed by atoms with E-state index in [0.29, 0.717) is 17.7 Å². The Morgan fingerprint density at radius 1 is 1.45 bits per heavy atom. The number of nitrogens with zero attached hydrogens (tertiary/aromatic N) is 1. The monoisotopic (exact) mass is 342 g/mol. The van der Waals surface area contributed by atoms with Gasteiger partial charge in [0.1, 0.15) is 17.9 Å². The van der Waals surface area contributed by atoms with Gasteiger partial charge >= 0.3 is 0 Å². The molecule has 0 aromatic heterocycles. The van der Waals surface area contributed by atoms with Crippen LogP contribution in [0, 0.1) is 12.7 Å². The van der Waals surface area contributed by atoms with Crippen molar-refractivity contribution in [3.63, 3.8) is 0 Å². The average Bonchev–Trinajstić information content (AvgIpc) is 2.38. The molecule has 1 fully saturated rings. The van der Waals surface area contributed by atoms with Crippen LogP contribution in [0.2, 0.25) is 0 Å². The normalized spacial score (nSPS) is 22.9. The lowest BCUT2D eigenvalue weighted by Crippen LogP contribution is -2.65. The van der Waals surface area contributed by atoms with E-state index < -0.39 is 11.4 Å². The van der Waals surface area contributed by atoms with Crippen LogP contribution in [0.25, 0.3) is 0 Å². The van der Waals surface area contributed by atoms with Crippen molar-refractivity contribution in [3.05, 3.63) is 28.0 Å². The van der Waals surface area contributed by atoms with E-state index in [1.165, 1.54) is 17.0 Å². The number of rotatable bonds is 2. The summed E-state index contributed by atoms with van der Waals surface area (Å²) in [6.45, 7) is 5.21. The van der Waals surface area contributed by atoms with Gasteiger partial charge in [-0.05, 0) is 53.9 Å². The molecule has 1 aromatic carbocycles. The molecule has 20 heavy (non-hydrogen) atoms. The second kappa shape index (κ2) is 5.16. The lowest BCUT2D eigenvalue weighted by atomic mass is 9.93. The Morgan fingerprint density at radius 2 is 2.10 bits per heavy atom. The summed E-state index contributed by atoms with van der Waals surface area (Å²) in [6, 6.07) is 2.89. The second-order valence-electron chi connectivity index (χ2n) is 5.18. The van der Waals surface area contributed by atoms with Crippen LogP contribution in [0.15, 0.2) is 16.6 Å². The number of carbonyl (C=O) groups is 2. The number of aryl methyl sites for hydroxylation is 1. The fraction of sp³-hybridized carbons (Fsp3) is 0.429. The minimum absolute atomic E-state index is 0.0483. The zero-order chi connectivity index (χ0) is 15.1. The molecule has 1 N–H and O–H groups in total. The Morgan fingerprint density at radius 3 is 2.70 bits per heavy atom. The van der Waals surface area contributed by atoms with E-state index in [-0.39, 0.29) is 22.8 Å². The van der Waals surface area contributed by atoms with E-state index in [1.54, 1.807) is 13.8 Å². The van der Waals surface area contributed by atoms with E-state index in [0.717, 1.165) is 0 Å². The summed E-state index contributed by atoms with van der Waals surface area (Å²) in [5, 5.41) is 2.72. The van der Waals surface area contributed by atoms with E-state index >= 15 is 0 Å². The van der Waals surface area contributed by atoms with Gasteiger partial charge in [0.2, 0.25) is 5.91 Å². The number of piperazine rings is 1. The number of anilines is 1.